The molecule has 4 amide bonds. The summed E-state index contributed by atoms with van der Waals surface area (Å²) in [6.07, 6.45) is 1.17. The topological polar surface area (TPSA) is 141 Å². The molecule has 0 aliphatic carbocycles. The molecule has 0 saturated heterocycles. The van der Waals surface area contributed by atoms with E-state index < -0.39 is 17.0 Å². The first-order chi connectivity index (χ1) is 11.0. The number of nitro groups is 1. The first kappa shape index (κ1) is 16.0. The second-order valence-electron chi connectivity index (χ2n) is 4.50. The van der Waals surface area contributed by atoms with Crippen LogP contribution in [0.5, 0.6) is 0 Å². The van der Waals surface area contributed by atoms with Gasteiger partial charge in [-0.2, -0.15) is 5.10 Å². The zero-order valence-corrected chi connectivity index (χ0v) is 12.0. The average Bonchev–Trinajstić information content (AvgIpc) is 2.54. The van der Waals surface area contributed by atoms with Gasteiger partial charge in [-0.15, -0.1) is 5.53 Å². The number of hydrazone groups is 1. The van der Waals surface area contributed by atoms with Crippen molar-refractivity contribution in [1.29, 1.82) is 0 Å². The van der Waals surface area contributed by atoms with Crippen molar-refractivity contribution < 1.29 is 14.5 Å². The third kappa shape index (κ3) is 4.57. The molecule has 1 aromatic carbocycles. The molecule has 1 aliphatic heterocycles. The number of non-ortho nitro benzene ring substituents is 1. The molecule has 0 unspecified atom stereocenters. The van der Waals surface area contributed by atoms with Gasteiger partial charge in [0.15, 0.2) is 0 Å². The molecule has 0 bridgehead atoms. The van der Waals surface area contributed by atoms with Crippen LogP contribution >= 0.6 is 0 Å². The summed E-state index contributed by atoms with van der Waals surface area (Å²) in [5, 5.41) is 15.5. The van der Waals surface area contributed by atoms with E-state index in [0.717, 1.165) is 5.01 Å². The monoisotopic (exact) mass is 319 g/mol. The lowest BCUT2D eigenvalue weighted by Gasteiger charge is -2.25. The summed E-state index contributed by atoms with van der Waals surface area (Å²) in [6, 6.07) is 4.35. The second kappa shape index (κ2) is 7.09. The van der Waals surface area contributed by atoms with E-state index in [0.29, 0.717) is 11.3 Å². The van der Waals surface area contributed by atoms with E-state index in [1.165, 1.54) is 24.4 Å². The van der Waals surface area contributed by atoms with E-state index in [4.69, 9.17) is 0 Å². The molecular weight excluding hydrogens is 306 g/mol. The Bertz CT molecular complexity index is 700. The SMILES string of the molecule is CC1=NNC(=O)N(NNC(=O)/N=C/c2cccc([N+](=O)[O-])c2)C1. The van der Waals surface area contributed by atoms with Gasteiger partial charge < -0.3 is 0 Å². The van der Waals surface area contributed by atoms with Crippen LogP contribution in [-0.4, -0.2) is 40.5 Å². The number of rotatable bonds is 4. The number of hydrogen-bond acceptors (Lipinski definition) is 6. The Balaban J connectivity index is 1.89. The molecule has 0 aromatic heterocycles. The zero-order chi connectivity index (χ0) is 16.8. The van der Waals surface area contributed by atoms with Crippen molar-refractivity contribution in [2.75, 3.05) is 6.54 Å². The number of amides is 4. The predicted molar refractivity (Wildman–Crippen MR) is 80.7 cm³/mol. The lowest BCUT2D eigenvalue weighted by molar-refractivity contribution is -0.384. The summed E-state index contributed by atoms with van der Waals surface area (Å²) < 4.78 is 0. The predicted octanol–water partition coefficient (Wildman–Crippen LogP) is 0.544. The highest BCUT2D eigenvalue weighted by atomic mass is 16.6. The van der Waals surface area contributed by atoms with Crippen molar-refractivity contribution in [1.82, 2.24) is 21.4 Å². The number of carbonyl (C=O) groups excluding carboxylic acids is 2. The molecule has 0 spiro atoms. The summed E-state index contributed by atoms with van der Waals surface area (Å²) in [7, 11) is 0. The fourth-order valence-corrected chi connectivity index (χ4v) is 1.63. The Morgan fingerprint density at radius 3 is 3.09 bits per heavy atom. The maximum atomic E-state index is 11.6. The minimum absolute atomic E-state index is 0.104. The number of urea groups is 2. The van der Waals surface area contributed by atoms with E-state index in [2.05, 4.69) is 26.5 Å². The smallest absolute Gasteiger partial charge is 0.258 e. The molecule has 0 atom stereocenters. The van der Waals surface area contributed by atoms with E-state index >= 15 is 0 Å². The molecular formula is C12H13N7O4. The summed E-state index contributed by atoms with van der Waals surface area (Å²) >= 11 is 0. The van der Waals surface area contributed by atoms with Gasteiger partial charge in [0.2, 0.25) is 0 Å². The number of aliphatic imine (C=N–C) groups is 1. The number of hydrogen-bond donors (Lipinski definition) is 3. The van der Waals surface area contributed by atoms with Crippen molar-refractivity contribution in [3.8, 4) is 0 Å². The molecule has 1 heterocycles. The molecule has 23 heavy (non-hydrogen) atoms. The van der Waals surface area contributed by atoms with Gasteiger partial charge in [0, 0.05) is 18.3 Å². The fraction of sp³-hybridized carbons (Fsp3) is 0.167. The maximum Gasteiger partial charge on any atom is 0.356 e. The van der Waals surface area contributed by atoms with E-state index in [1.54, 1.807) is 13.0 Å². The minimum Gasteiger partial charge on any atom is -0.258 e. The standard InChI is InChI=1S/C12H13N7O4/c1-8-7-18(12(21)16-14-8)17-15-11(20)13-6-9-3-2-4-10(5-9)19(22)23/h2-6,17H,7H2,1H3,(H,15,20)(H,16,21)/b13-6+. The van der Waals surface area contributed by atoms with Gasteiger partial charge in [0.1, 0.15) is 0 Å². The highest BCUT2D eigenvalue weighted by Crippen LogP contribution is 2.11. The van der Waals surface area contributed by atoms with Gasteiger partial charge in [0.25, 0.3) is 5.69 Å². The molecule has 11 nitrogen and oxygen atoms in total. The molecule has 0 fully saturated rings. The largest absolute Gasteiger partial charge is 0.356 e. The van der Waals surface area contributed by atoms with Crippen LogP contribution in [0.2, 0.25) is 0 Å². The highest BCUT2D eigenvalue weighted by molar-refractivity contribution is 5.92. The van der Waals surface area contributed by atoms with Gasteiger partial charge in [0.05, 0.1) is 17.2 Å². The Labute approximate surface area is 130 Å². The fourth-order valence-electron chi connectivity index (χ4n) is 1.63. The van der Waals surface area contributed by atoms with Gasteiger partial charge >= 0.3 is 12.1 Å². The third-order valence-corrected chi connectivity index (χ3v) is 2.68. The number of nitrogens with one attached hydrogen (secondary N) is 3. The molecule has 2 rings (SSSR count). The quantitative estimate of drug-likeness (QED) is 0.422. The van der Waals surface area contributed by atoms with Crippen molar-refractivity contribution in [3.05, 3.63) is 39.9 Å². The van der Waals surface area contributed by atoms with Crippen LogP contribution in [0.25, 0.3) is 0 Å². The van der Waals surface area contributed by atoms with Gasteiger partial charge in [-0.25, -0.2) is 25.0 Å². The van der Waals surface area contributed by atoms with Crippen molar-refractivity contribution in [2.24, 2.45) is 10.1 Å². The Kier molecular flexibility index (Phi) is 4.94. The van der Waals surface area contributed by atoms with Crippen molar-refractivity contribution >= 4 is 29.7 Å². The lowest BCUT2D eigenvalue weighted by atomic mass is 10.2. The maximum absolute atomic E-state index is 11.6. The highest BCUT2D eigenvalue weighted by Gasteiger charge is 2.18. The van der Waals surface area contributed by atoms with Crippen molar-refractivity contribution in [2.45, 2.75) is 6.92 Å². The van der Waals surface area contributed by atoms with Gasteiger partial charge in [-0.05, 0) is 12.5 Å². The molecule has 3 N–H and O–H groups in total. The van der Waals surface area contributed by atoms with Crippen LogP contribution in [0, 0.1) is 10.1 Å². The van der Waals surface area contributed by atoms with Crippen LogP contribution in [0.1, 0.15) is 12.5 Å². The Morgan fingerprint density at radius 2 is 2.35 bits per heavy atom. The normalized spacial score (nSPS) is 14.4. The summed E-state index contributed by atoms with van der Waals surface area (Å²) in [5.41, 5.74) is 7.76. The molecule has 0 radical (unpaired) electrons. The lowest BCUT2D eigenvalue weighted by Crippen LogP contribution is -2.57. The van der Waals surface area contributed by atoms with E-state index in [1.807, 2.05) is 0 Å². The first-order valence-electron chi connectivity index (χ1n) is 6.40. The third-order valence-electron chi connectivity index (χ3n) is 2.68. The number of carbonyl (C=O) groups is 2. The second-order valence-corrected chi connectivity index (χ2v) is 4.50. The molecule has 1 aromatic rings. The number of benzene rings is 1. The molecule has 0 saturated carbocycles. The summed E-state index contributed by atoms with van der Waals surface area (Å²) in [6.45, 7) is 1.90. The van der Waals surface area contributed by atoms with Crippen LogP contribution in [0.3, 0.4) is 0 Å². The van der Waals surface area contributed by atoms with Crippen LogP contribution in [0.15, 0.2) is 34.4 Å². The average molecular weight is 319 g/mol. The van der Waals surface area contributed by atoms with Crippen molar-refractivity contribution in [3.63, 3.8) is 0 Å². The molecule has 120 valence electrons. The summed E-state index contributed by atoms with van der Waals surface area (Å²) in [5.74, 6) is 0. The zero-order valence-electron chi connectivity index (χ0n) is 12.0. The van der Waals surface area contributed by atoms with Crippen LogP contribution in [0.4, 0.5) is 15.3 Å². The Morgan fingerprint density at radius 1 is 1.57 bits per heavy atom. The van der Waals surface area contributed by atoms with Gasteiger partial charge in [-0.3, -0.25) is 15.5 Å². The number of nitrogens with zero attached hydrogens (tertiary/aromatic N) is 4. The summed E-state index contributed by atoms with van der Waals surface area (Å²) in [4.78, 5) is 36.7. The van der Waals surface area contributed by atoms with E-state index in [-0.39, 0.29) is 12.2 Å². The van der Waals surface area contributed by atoms with E-state index in [9.17, 15) is 19.7 Å². The minimum atomic E-state index is -0.774. The molecule has 11 heteroatoms. The Hall–Kier alpha value is -3.34. The van der Waals surface area contributed by atoms with Crippen LogP contribution < -0.4 is 16.4 Å². The van der Waals surface area contributed by atoms with Crippen LogP contribution in [-0.2, 0) is 0 Å². The first-order valence-corrected chi connectivity index (χ1v) is 6.40. The number of hydrazine groups is 2. The van der Waals surface area contributed by atoms with Gasteiger partial charge in [-0.1, -0.05) is 12.1 Å². The number of nitro benzene ring substituents is 1. The molecule has 1 aliphatic rings.